The molecule has 1 aromatic rings. The molecule has 13 heteroatoms. The van der Waals surface area contributed by atoms with Crippen molar-refractivity contribution < 1.29 is 44.4 Å². The fraction of sp³-hybridized carbons (Fsp3) is 0.522. The first kappa shape index (κ1) is 30.3. The monoisotopic (exact) mass is 510 g/mol. The van der Waals surface area contributed by atoms with Crippen molar-refractivity contribution in [2.24, 2.45) is 11.7 Å². The van der Waals surface area contributed by atoms with Gasteiger partial charge in [0.2, 0.25) is 17.7 Å². The molecule has 0 saturated carbocycles. The molecule has 13 nitrogen and oxygen atoms in total. The zero-order valence-corrected chi connectivity index (χ0v) is 20.3. The van der Waals surface area contributed by atoms with Gasteiger partial charge in [-0.15, -0.1) is 0 Å². The van der Waals surface area contributed by atoms with Gasteiger partial charge in [0.25, 0.3) is 0 Å². The molecular weight excluding hydrogens is 476 g/mol. The summed E-state index contributed by atoms with van der Waals surface area (Å²) in [5, 5.41) is 44.3. The standard InChI is InChI=1S/C23H34N4O9/c1-11(2)8-15(26-22(34)19(24)12(3)28)20(32)25-16(9-13-4-6-14(29)7-5-13)21(33)27-17(23(35)36)10-18(30)31/h4-7,11-12,15-17,19,28-29H,8-10,24H2,1-3H3,(H,25,32)(H,26,34)(H,27,33)(H,30,31)(H,35,36). The lowest BCUT2D eigenvalue weighted by Gasteiger charge is -2.26. The topological polar surface area (TPSA) is 228 Å². The summed E-state index contributed by atoms with van der Waals surface area (Å²) in [6, 6.07) is 0.165. The van der Waals surface area contributed by atoms with Crippen LogP contribution in [0.3, 0.4) is 0 Å². The quantitative estimate of drug-likeness (QED) is 0.147. The van der Waals surface area contributed by atoms with E-state index in [2.05, 4.69) is 16.0 Å². The third kappa shape index (κ3) is 10.3. The van der Waals surface area contributed by atoms with Crippen molar-refractivity contribution in [2.75, 3.05) is 0 Å². The number of carbonyl (C=O) groups is 5. The molecule has 0 aliphatic carbocycles. The van der Waals surface area contributed by atoms with Crippen molar-refractivity contribution in [3.8, 4) is 5.75 Å². The van der Waals surface area contributed by atoms with Crippen LogP contribution in [0.15, 0.2) is 24.3 Å². The number of carboxylic acid groups (broad SMARTS) is 2. The van der Waals surface area contributed by atoms with Crippen LogP contribution in [0.25, 0.3) is 0 Å². The van der Waals surface area contributed by atoms with Crippen LogP contribution < -0.4 is 21.7 Å². The van der Waals surface area contributed by atoms with E-state index in [1.165, 1.54) is 31.2 Å². The van der Waals surface area contributed by atoms with E-state index in [9.17, 15) is 39.3 Å². The highest BCUT2D eigenvalue weighted by molar-refractivity contribution is 5.94. The van der Waals surface area contributed by atoms with Crippen molar-refractivity contribution in [3.05, 3.63) is 29.8 Å². The Balaban J connectivity index is 3.18. The Morgan fingerprint density at radius 2 is 1.33 bits per heavy atom. The number of phenols is 1. The van der Waals surface area contributed by atoms with Crippen LogP contribution in [0.4, 0.5) is 0 Å². The molecule has 0 saturated heterocycles. The Morgan fingerprint density at radius 3 is 1.81 bits per heavy atom. The molecule has 5 unspecified atom stereocenters. The number of rotatable bonds is 14. The number of aliphatic hydroxyl groups excluding tert-OH is 1. The highest BCUT2D eigenvalue weighted by atomic mass is 16.4. The Hall–Kier alpha value is -3.71. The van der Waals surface area contributed by atoms with Crippen molar-refractivity contribution in [1.29, 1.82) is 0 Å². The normalized spacial score (nSPS) is 15.2. The summed E-state index contributed by atoms with van der Waals surface area (Å²) in [4.78, 5) is 60.8. The van der Waals surface area contributed by atoms with Crippen LogP contribution in [-0.4, -0.2) is 80.4 Å². The van der Waals surface area contributed by atoms with Crippen LogP contribution >= 0.6 is 0 Å². The van der Waals surface area contributed by atoms with Crippen LogP contribution in [0, 0.1) is 5.92 Å². The second-order valence-corrected chi connectivity index (χ2v) is 8.89. The lowest BCUT2D eigenvalue weighted by Crippen LogP contribution is -2.58. The highest BCUT2D eigenvalue weighted by Gasteiger charge is 2.32. The van der Waals surface area contributed by atoms with Gasteiger partial charge < -0.3 is 42.1 Å². The molecule has 0 bridgehead atoms. The predicted molar refractivity (Wildman–Crippen MR) is 127 cm³/mol. The number of nitrogens with two attached hydrogens (primary N) is 1. The first-order chi connectivity index (χ1) is 16.7. The summed E-state index contributed by atoms with van der Waals surface area (Å²) in [5.74, 6) is -5.63. The van der Waals surface area contributed by atoms with Gasteiger partial charge in [-0.05, 0) is 37.0 Å². The van der Waals surface area contributed by atoms with E-state index >= 15 is 0 Å². The molecule has 0 fully saturated rings. The molecule has 9 N–H and O–H groups in total. The molecule has 0 radical (unpaired) electrons. The minimum Gasteiger partial charge on any atom is -0.508 e. The molecule has 3 amide bonds. The summed E-state index contributed by atoms with van der Waals surface area (Å²) in [5.41, 5.74) is 6.14. The average molecular weight is 511 g/mol. The van der Waals surface area contributed by atoms with E-state index in [1.54, 1.807) is 13.8 Å². The molecular formula is C23H34N4O9. The van der Waals surface area contributed by atoms with Crippen LogP contribution in [-0.2, 0) is 30.4 Å². The van der Waals surface area contributed by atoms with Crippen LogP contribution in [0.2, 0.25) is 0 Å². The Kier molecular flexibility index (Phi) is 11.8. The maximum absolute atomic E-state index is 13.1. The number of aliphatic carboxylic acids is 2. The maximum Gasteiger partial charge on any atom is 0.326 e. The molecule has 1 aromatic carbocycles. The molecule has 0 aliphatic rings. The van der Waals surface area contributed by atoms with Crippen LogP contribution in [0.1, 0.15) is 39.2 Å². The summed E-state index contributed by atoms with van der Waals surface area (Å²) >= 11 is 0. The predicted octanol–water partition coefficient (Wildman–Crippen LogP) is -1.30. The number of hydrogen-bond donors (Lipinski definition) is 8. The van der Waals surface area contributed by atoms with E-state index in [-0.39, 0.29) is 24.5 Å². The zero-order valence-electron chi connectivity index (χ0n) is 20.3. The minimum atomic E-state index is -1.75. The van der Waals surface area contributed by atoms with Crippen molar-refractivity contribution in [2.45, 2.75) is 70.3 Å². The summed E-state index contributed by atoms with van der Waals surface area (Å²) < 4.78 is 0. The Labute approximate surface area is 208 Å². The van der Waals surface area contributed by atoms with E-state index in [0.717, 1.165) is 0 Å². The largest absolute Gasteiger partial charge is 0.508 e. The lowest BCUT2D eigenvalue weighted by atomic mass is 10.00. The zero-order chi connectivity index (χ0) is 27.6. The van der Waals surface area contributed by atoms with Gasteiger partial charge in [0.1, 0.15) is 29.9 Å². The molecule has 36 heavy (non-hydrogen) atoms. The second-order valence-electron chi connectivity index (χ2n) is 8.89. The van der Waals surface area contributed by atoms with Crippen molar-refractivity contribution in [3.63, 3.8) is 0 Å². The first-order valence-corrected chi connectivity index (χ1v) is 11.3. The SMILES string of the molecule is CC(C)CC(NC(=O)C(N)C(C)O)C(=O)NC(Cc1ccc(O)cc1)C(=O)NC(CC(=O)O)C(=O)O. The molecule has 5 atom stereocenters. The van der Waals surface area contributed by atoms with Gasteiger partial charge in [-0.2, -0.15) is 0 Å². The average Bonchev–Trinajstić information content (AvgIpc) is 2.77. The number of benzene rings is 1. The van der Waals surface area contributed by atoms with Gasteiger partial charge in [0.15, 0.2) is 0 Å². The second kappa shape index (κ2) is 14.0. The number of nitrogens with one attached hydrogen (secondary N) is 3. The molecule has 200 valence electrons. The third-order valence-corrected chi connectivity index (χ3v) is 5.17. The number of phenolic OH excluding ortho intramolecular Hbond substituents is 1. The number of amides is 3. The van der Waals surface area contributed by atoms with E-state index in [4.69, 9.17) is 10.8 Å². The van der Waals surface area contributed by atoms with Gasteiger partial charge in [-0.1, -0.05) is 26.0 Å². The minimum absolute atomic E-state index is 0.0367. The van der Waals surface area contributed by atoms with Gasteiger partial charge in [-0.25, -0.2) is 4.79 Å². The smallest absolute Gasteiger partial charge is 0.326 e. The molecule has 0 aromatic heterocycles. The number of hydrogen-bond acceptors (Lipinski definition) is 8. The molecule has 1 rings (SSSR count). The highest BCUT2D eigenvalue weighted by Crippen LogP contribution is 2.13. The summed E-state index contributed by atoms with van der Waals surface area (Å²) in [6.07, 6.45) is -2.03. The van der Waals surface area contributed by atoms with E-state index in [1.807, 2.05) is 0 Å². The third-order valence-electron chi connectivity index (χ3n) is 5.17. The van der Waals surface area contributed by atoms with Gasteiger partial charge in [-0.3, -0.25) is 19.2 Å². The molecule has 0 spiro atoms. The number of carboxylic acids is 2. The number of carbonyl (C=O) groups excluding carboxylic acids is 3. The lowest BCUT2D eigenvalue weighted by molar-refractivity contribution is -0.147. The van der Waals surface area contributed by atoms with Gasteiger partial charge >= 0.3 is 11.9 Å². The molecule has 0 aliphatic heterocycles. The summed E-state index contributed by atoms with van der Waals surface area (Å²) in [7, 11) is 0. The number of aliphatic hydroxyl groups is 1. The van der Waals surface area contributed by atoms with Crippen molar-refractivity contribution >= 4 is 29.7 Å². The fourth-order valence-corrected chi connectivity index (χ4v) is 3.19. The van der Waals surface area contributed by atoms with E-state index < -0.39 is 66.4 Å². The fourth-order valence-electron chi connectivity index (χ4n) is 3.19. The maximum atomic E-state index is 13.1. The molecule has 0 heterocycles. The van der Waals surface area contributed by atoms with Gasteiger partial charge in [0.05, 0.1) is 12.5 Å². The Morgan fingerprint density at radius 1 is 0.833 bits per heavy atom. The van der Waals surface area contributed by atoms with E-state index in [0.29, 0.717) is 5.56 Å². The van der Waals surface area contributed by atoms with Crippen LogP contribution in [0.5, 0.6) is 5.75 Å². The first-order valence-electron chi connectivity index (χ1n) is 11.3. The van der Waals surface area contributed by atoms with Gasteiger partial charge in [0, 0.05) is 6.42 Å². The van der Waals surface area contributed by atoms with Crippen molar-refractivity contribution in [1.82, 2.24) is 16.0 Å². The number of aromatic hydroxyl groups is 1. The Bertz CT molecular complexity index is 934. The summed E-state index contributed by atoms with van der Waals surface area (Å²) in [6.45, 7) is 4.91.